The normalized spacial score (nSPS) is 20.7. The number of aryl methyl sites for hydroxylation is 1. The van der Waals surface area contributed by atoms with Crippen molar-refractivity contribution < 1.29 is 9.50 Å². The fourth-order valence-corrected chi connectivity index (χ4v) is 2.38. The van der Waals surface area contributed by atoms with Crippen LogP contribution in [0.2, 0.25) is 0 Å². The molecule has 1 saturated heterocycles. The van der Waals surface area contributed by atoms with Crippen LogP contribution in [0.1, 0.15) is 18.1 Å². The highest BCUT2D eigenvalue weighted by Gasteiger charge is 2.27. The van der Waals surface area contributed by atoms with E-state index in [1.165, 1.54) is 6.07 Å². The lowest BCUT2D eigenvalue weighted by Gasteiger charge is -2.34. The second kappa shape index (κ2) is 5.34. The summed E-state index contributed by atoms with van der Waals surface area (Å²) in [5.41, 5.74) is 0.420. The van der Waals surface area contributed by atoms with Gasteiger partial charge in [-0.3, -0.25) is 4.90 Å². The molecule has 4 heteroatoms. The van der Waals surface area contributed by atoms with Gasteiger partial charge in [0.15, 0.2) is 0 Å². The molecule has 3 nitrogen and oxygen atoms in total. The van der Waals surface area contributed by atoms with Gasteiger partial charge in [0.25, 0.3) is 0 Å². The van der Waals surface area contributed by atoms with Crippen LogP contribution < -0.4 is 5.32 Å². The van der Waals surface area contributed by atoms with Gasteiger partial charge in [0.05, 0.1) is 5.60 Å². The first-order chi connectivity index (χ1) is 8.49. The number of β-amino-alcohol motifs (C(OH)–C–C–N with tert-alkyl or cyclic N) is 1. The smallest absolute Gasteiger partial charge is 0.126 e. The molecule has 0 amide bonds. The van der Waals surface area contributed by atoms with Gasteiger partial charge in [-0.15, -0.1) is 0 Å². The molecule has 1 aromatic carbocycles. The maximum absolute atomic E-state index is 13.2. The molecule has 2 N–H and O–H groups in total. The van der Waals surface area contributed by atoms with Crippen molar-refractivity contribution in [1.29, 1.82) is 0 Å². The molecule has 1 aliphatic rings. The van der Waals surface area contributed by atoms with Gasteiger partial charge in [-0.25, -0.2) is 4.39 Å². The second-order valence-electron chi connectivity index (χ2n) is 5.26. The summed E-state index contributed by atoms with van der Waals surface area (Å²) in [5.74, 6) is -0.225. The number of benzene rings is 1. The summed E-state index contributed by atoms with van der Waals surface area (Å²) in [5, 5.41) is 13.9. The van der Waals surface area contributed by atoms with E-state index in [9.17, 15) is 9.50 Å². The van der Waals surface area contributed by atoms with Gasteiger partial charge < -0.3 is 10.4 Å². The summed E-state index contributed by atoms with van der Waals surface area (Å²) in [6, 6.07) is 4.83. The molecular formula is C14H21FN2O. The Hall–Kier alpha value is -0.970. The number of nitrogens with one attached hydrogen (secondary N) is 1. The van der Waals surface area contributed by atoms with Gasteiger partial charge in [0.2, 0.25) is 0 Å². The highest BCUT2D eigenvalue weighted by atomic mass is 19.1. The Morgan fingerprint density at radius 2 is 2.06 bits per heavy atom. The zero-order chi connectivity index (χ0) is 13.2. The van der Waals surface area contributed by atoms with E-state index < -0.39 is 5.60 Å². The van der Waals surface area contributed by atoms with Gasteiger partial charge in [0, 0.05) is 32.7 Å². The van der Waals surface area contributed by atoms with E-state index in [0.29, 0.717) is 12.1 Å². The molecule has 0 spiro atoms. The molecule has 1 aliphatic heterocycles. The first-order valence-corrected chi connectivity index (χ1v) is 6.41. The van der Waals surface area contributed by atoms with Crippen LogP contribution in [0.15, 0.2) is 18.2 Å². The van der Waals surface area contributed by atoms with Crippen LogP contribution in [-0.2, 0) is 5.60 Å². The number of piperazine rings is 1. The number of rotatable bonds is 3. The summed E-state index contributed by atoms with van der Waals surface area (Å²) < 4.78 is 13.2. The molecule has 2 rings (SSSR count). The summed E-state index contributed by atoms with van der Waals surface area (Å²) in [4.78, 5) is 2.23. The number of halogens is 1. The molecule has 18 heavy (non-hydrogen) atoms. The summed E-state index contributed by atoms with van der Waals surface area (Å²) >= 11 is 0. The van der Waals surface area contributed by atoms with Gasteiger partial charge in [0.1, 0.15) is 5.82 Å². The molecule has 0 saturated carbocycles. The molecule has 1 atom stereocenters. The highest BCUT2D eigenvalue weighted by Crippen LogP contribution is 2.24. The average molecular weight is 252 g/mol. The molecule has 0 radical (unpaired) electrons. The van der Waals surface area contributed by atoms with Crippen LogP contribution in [-0.4, -0.2) is 42.7 Å². The molecule has 0 bridgehead atoms. The van der Waals surface area contributed by atoms with E-state index in [-0.39, 0.29) is 5.82 Å². The van der Waals surface area contributed by atoms with Crippen molar-refractivity contribution in [2.24, 2.45) is 0 Å². The lowest BCUT2D eigenvalue weighted by Crippen LogP contribution is -2.48. The number of hydrogen-bond donors (Lipinski definition) is 2. The molecule has 1 aromatic rings. The fourth-order valence-electron chi connectivity index (χ4n) is 2.38. The minimum atomic E-state index is -0.935. The Morgan fingerprint density at radius 3 is 2.67 bits per heavy atom. The van der Waals surface area contributed by atoms with Crippen LogP contribution in [0.3, 0.4) is 0 Å². The van der Waals surface area contributed by atoms with E-state index in [1.807, 2.05) is 0 Å². The standard InChI is InChI=1S/C14H21FN2O/c1-11-9-12(3-4-13(11)15)14(2,18)10-17-7-5-16-6-8-17/h3-4,9,16,18H,5-8,10H2,1-2H3. The van der Waals surface area contributed by atoms with Crippen molar-refractivity contribution in [3.63, 3.8) is 0 Å². The Balaban J connectivity index is 2.10. The number of aliphatic hydroxyl groups is 1. The van der Waals surface area contributed by atoms with E-state index in [2.05, 4.69) is 10.2 Å². The van der Waals surface area contributed by atoms with Crippen LogP contribution in [0.4, 0.5) is 4.39 Å². The molecule has 0 aromatic heterocycles. The Morgan fingerprint density at radius 1 is 1.39 bits per heavy atom. The van der Waals surface area contributed by atoms with E-state index in [0.717, 1.165) is 31.7 Å². The average Bonchev–Trinajstić information content (AvgIpc) is 2.33. The summed E-state index contributed by atoms with van der Waals surface area (Å²) in [6.45, 7) is 7.89. The van der Waals surface area contributed by atoms with E-state index in [1.54, 1.807) is 26.0 Å². The molecule has 1 unspecified atom stereocenters. The zero-order valence-electron chi connectivity index (χ0n) is 11.0. The lowest BCUT2D eigenvalue weighted by molar-refractivity contribution is 0.0125. The minimum absolute atomic E-state index is 0.225. The van der Waals surface area contributed by atoms with Crippen LogP contribution in [0.5, 0.6) is 0 Å². The lowest BCUT2D eigenvalue weighted by atomic mass is 9.93. The topological polar surface area (TPSA) is 35.5 Å². The van der Waals surface area contributed by atoms with Gasteiger partial charge in [-0.1, -0.05) is 12.1 Å². The van der Waals surface area contributed by atoms with E-state index >= 15 is 0 Å². The van der Waals surface area contributed by atoms with Gasteiger partial charge in [-0.05, 0) is 31.0 Å². The van der Waals surface area contributed by atoms with Crippen LogP contribution in [0.25, 0.3) is 0 Å². The predicted octanol–water partition coefficient (Wildman–Crippen LogP) is 1.25. The minimum Gasteiger partial charge on any atom is -0.384 e. The Labute approximate surface area is 108 Å². The first kappa shape index (κ1) is 13.5. The molecule has 1 fully saturated rings. The monoisotopic (exact) mass is 252 g/mol. The molecular weight excluding hydrogens is 231 g/mol. The predicted molar refractivity (Wildman–Crippen MR) is 70.0 cm³/mol. The zero-order valence-corrected chi connectivity index (χ0v) is 11.0. The van der Waals surface area contributed by atoms with Crippen molar-refractivity contribution in [3.05, 3.63) is 35.1 Å². The van der Waals surface area contributed by atoms with Crippen molar-refractivity contribution in [2.45, 2.75) is 19.4 Å². The van der Waals surface area contributed by atoms with E-state index in [4.69, 9.17) is 0 Å². The summed E-state index contributed by atoms with van der Waals surface area (Å²) in [7, 11) is 0. The second-order valence-corrected chi connectivity index (χ2v) is 5.26. The van der Waals surface area contributed by atoms with Crippen molar-refractivity contribution in [2.75, 3.05) is 32.7 Å². The van der Waals surface area contributed by atoms with Gasteiger partial charge >= 0.3 is 0 Å². The molecule has 1 heterocycles. The highest BCUT2D eigenvalue weighted by molar-refractivity contribution is 5.28. The fraction of sp³-hybridized carbons (Fsp3) is 0.571. The maximum Gasteiger partial charge on any atom is 0.126 e. The van der Waals surface area contributed by atoms with Crippen LogP contribution >= 0.6 is 0 Å². The van der Waals surface area contributed by atoms with Crippen LogP contribution in [0, 0.1) is 12.7 Å². The maximum atomic E-state index is 13.2. The largest absolute Gasteiger partial charge is 0.384 e. The third kappa shape index (κ3) is 3.07. The third-order valence-corrected chi connectivity index (χ3v) is 3.52. The van der Waals surface area contributed by atoms with Crippen molar-refractivity contribution in [3.8, 4) is 0 Å². The third-order valence-electron chi connectivity index (χ3n) is 3.52. The van der Waals surface area contributed by atoms with Gasteiger partial charge in [-0.2, -0.15) is 0 Å². The Bertz CT molecular complexity index is 414. The summed E-state index contributed by atoms with van der Waals surface area (Å²) in [6.07, 6.45) is 0. The molecule has 0 aliphatic carbocycles. The molecule has 100 valence electrons. The number of nitrogens with zero attached hydrogens (tertiary/aromatic N) is 1. The number of hydrogen-bond acceptors (Lipinski definition) is 3. The van der Waals surface area contributed by atoms with Crippen molar-refractivity contribution in [1.82, 2.24) is 10.2 Å². The SMILES string of the molecule is Cc1cc(C(C)(O)CN2CCNCC2)ccc1F. The van der Waals surface area contributed by atoms with Crippen molar-refractivity contribution >= 4 is 0 Å². The Kier molecular flexibility index (Phi) is 4.00. The first-order valence-electron chi connectivity index (χ1n) is 6.41. The quantitative estimate of drug-likeness (QED) is 0.850.